The lowest BCUT2D eigenvalue weighted by atomic mass is 10.1. The summed E-state index contributed by atoms with van der Waals surface area (Å²) in [4.78, 5) is 16.1. The highest BCUT2D eigenvalue weighted by atomic mass is 32.2. The van der Waals surface area contributed by atoms with Crippen LogP contribution in [0, 0.1) is 25.2 Å². The number of rotatable bonds is 6. The standard InChI is InChI=1S/C16H21N5OS/c1-10-8-11(2)21-15(19-10)13(9-17)14(20-21)6-5-7-18-16(22)12(3)23-4/h8,12H,5-7H2,1-4H3,(H,18,22)/t12-/m0/s1. The molecule has 2 rings (SSSR count). The van der Waals surface area contributed by atoms with Gasteiger partial charge in [-0.1, -0.05) is 0 Å². The number of thioether (sulfide) groups is 1. The highest BCUT2D eigenvalue weighted by Gasteiger charge is 2.15. The molecule has 0 aliphatic carbocycles. The first kappa shape index (κ1) is 17.3. The third-order valence-corrected chi connectivity index (χ3v) is 4.61. The predicted molar refractivity (Wildman–Crippen MR) is 91.5 cm³/mol. The maximum Gasteiger partial charge on any atom is 0.232 e. The zero-order valence-electron chi connectivity index (χ0n) is 13.9. The summed E-state index contributed by atoms with van der Waals surface area (Å²) in [6.07, 6.45) is 3.29. The molecule has 0 aliphatic rings. The quantitative estimate of drug-likeness (QED) is 0.819. The van der Waals surface area contributed by atoms with Crippen LogP contribution in [0.2, 0.25) is 0 Å². The monoisotopic (exact) mass is 331 g/mol. The third-order valence-electron chi connectivity index (χ3n) is 3.69. The van der Waals surface area contributed by atoms with Crippen molar-refractivity contribution in [3.63, 3.8) is 0 Å². The lowest BCUT2D eigenvalue weighted by Crippen LogP contribution is -2.31. The number of carbonyl (C=O) groups is 1. The van der Waals surface area contributed by atoms with Crippen molar-refractivity contribution in [2.75, 3.05) is 12.8 Å². The first-order valence-electron chi connectivity index (χ1n) is 7.54. The van der Waals surface area contributed by atoms with Crippen molar-refractivity contribution >= 4 is 23.3 Å². The van der Waals surface area contributed by atoms with E-state index in [1.54, 1.807) is 4.52 Å². The number of hydrogen-bond acceptors (Lipinski definition) is 5. The Bertz CT molecular complexity index is 762. The van der Waals surface area contributed by atoms with Gasteiger partial charge in [0.15, 0.2) is 5.65 Å². The summed E-state index contributed by atoms with van der Waals surface area (Å²) in [6, 6.07) is 4.15. The topological polar surface area (TPSA) is 83.1 Å². The van der Waals surface area contributed by atoms with Gasteiger partial charge in [-0.15, -0.1) is 0 Å². The van der Waals surface area contributed by atoms with E-state index in [4.69, 9.17) is 0 Å². The molecule has 2 aromatic rings. The molecular weight excluding hydrogens is 310 g/mol. The molecule has 0 spiro atoms. The van der Waals surface area contributed by atoms with Gasteiger partial charge in [0.05, 0.1) is 10.9 Å². The van der Waals surface area contributed by atoms with Crippen molar-refractivity contribution in [2.24, 2.45) is 0 Å². The van der Waals surface area contributed by atoms with Crippen LogP contribution in [0.1, 0.15) is 36.0 Å². The second kappa shape index (κ2) is 7.47. The molecule has 1 amide bonds. The van der Waals surface area contributed by atoms with Gasteiger partial charge in [0.2, 0.25) is 5.91 Å². The first-order valence-corrected chi connectivity index (χ1v) is 8.83. The van der Waals surface area contributed by atoms with E-state index in [0.29, 0.717) is 24.2 Å². The molecule has 0 unspecified atom stereocenters. The van der Waals surface area contributed by atoms with Crippen LogP contribution in [0.4, 0.5) is 0 Å². The molecule has 0 bridgehead atoms. The predicted octanol–water partition coefficient (Wildman–Crippen LogP) is 2.02. The van der Waals surface area contributed by atoms with Crippen LogP contribution in [0.25, 0.3) is 5.65 Å². The fraction of sp³-hybridized carbons (Fsp3) is 0.500. The van der Waals surface area contributed by atoms with E-state index in [0.717, 1.165) is 23.5 Å². The fourth-order valence-electron chi connectivity index (χ4n) is 2.37. The van der Waals surface area contributed by atoms with Gasteiger partial charge in [-0.05, 0) is 45.9 Å². The van der Waals surface area contributed by atoms with Crippen molar-refractivity contribution in [2.45, 2.75) is 38.9 Å². The van der Waals surface area contributed by atoms with Crippen LogP contribution in [0.5, 0.6) is 0 Å². The van der Waals surface area contributed by atoms with Crippen molar-refractivity contribution in [3.8, 4) is 6.07 Å². The molecule has 0 aliphatic heterocycles. The van der Waals surface area contributed by atoms with E-state index >= 15 is 0 Å². The summed E-state index contributed by atoms with van der Waals surface area (Å²) < 4.78 is 1.72. The van der Waals surface area contributed by atoms with Gasteiger partial charge in [-0.2, -0.15) is 22.1 Å². The number of nitriles is 1. The van der Waals surface area contributed by atoms with Gasteiger partial charge in [0.25, 0.3) is 0 Å². The fourth-order valence-corrected chi connectivity index (χ4v) is 2.67. The lowest BCUT2D eigenvalue weighted by Gasteiger charge is -2.08. The number of aromatic nitrogens is 3. The Hall–Kier alpha value is -2.07. The minimum atomic E-state index is -0.0466. The maximum absolute atomic E-state index is 11.7. The van der Waals surface area contributed by atoms with Crippen molar-refractivity contribution < 1.29 is 4.79 Å². The van der Waals surface area contributed by atoms with Gasteiger partial charge in [0.1, 0.15) is 11.6 Å². The van der Waals surface area contributed by atoms with Gasteiger partial charge in [-0.3, -0.25) is 4.79 Å². The molecule has 7 heteroatoms. The SMILES string of the molecule is CS[C@@H](C)C(=O)NCCCc1nn2c(C)cc(C)nc2c1C#N. The van der Waals surface area contributed by atoms with Crippen LogP contribution >= 0.6 is 11.8 Å². The zero-order chi connectivity index (χ0) is 17.0. The average molecular weight is 331 g/mol. The normalized spacial score (nSPS) is 12.1. The molecule has 0 fully saturated rings. The highest BCUT2D eigenvalue weighted by molar-refractivity contribution is 7.99. The number of nitrogens with one attached hydrogen (secondary N) is 1. The number of nitrogens with zero attached hydrogens (tertiary/aromatic N) is 4. The van der Waals surface area contributed by atoms with E-state index in [1.165, 1.54) is 11.8 Å². The Kier molecular flexibility index (Phi) is 5.61. The number of hydrogen-bond donors (Lipinski definition) is 1. The number of fused-ring (bicyclic) bond motifs is 1. The summed E-state index contributed by atoms with van der Waals surface area (Å²) in [7, 11) is 0. The van der Waals surface area contributed by atoms with Gasteiger partial charge in [0, 0.05) is 17.9 Å². The zero-order valence-corrected chi connectivity index (χ0v) is 14.7. The van der Waals surface area contributed by atoms with Crippen molar-refractivity contribution in [3.05, 3.63) is 28.7 Å². The Morgan fingerprint density at radius 2 is 2.26 bits per heavy atom. The Morgan fingerprint density at radius 3 is 2.91 bits per heavy atom. The van der Waals surface area contributed by atoms with E-state index in [1.807, 2.05) is 33.1 Å². The van der Waals surface area contributed by atoms with Crippen molar-refractivity contribution in [1.29, 1.82) is 5.26 Å². The van der Waals surface area contributed by atoms with E-state index in [-0.39, 0.29) is 11.2 Å². The Labute approximate surface area is 140 Å². The summed E-state index contributed by atoms with van der Waals surface area (Å²) in [6.45, 7) is 6.31. The summed E-state index contributed by atoms with van der Waals surface area (Å²) in [5.74, 6) is 0.0427. The second-order valence-corrected chi connectivity index (χ2v) is 6.66. The second-order valence-electron chi connectivity index (χ2n) is 5.48. The minimum Gasteiger partial charge on any atom is -0.355 e. The van der Waals surface area contributed by atoms with Crippen LogP contribution in [-0.2, 0) is 11.2 Å². The summed E-state index contributed by atoms with van der Waals surface area (Å²) in [5.41, 5.74) is 3.70. The Morgan fingerprint density at radius 1 is 1.52 bits per heavy atom. The van der Waals surface area contributed by atoms with E-state index < -0.39 is 0 Å². The average Bonchev–Trinajstić information content (AvgIpc) is 2.88. The Balaban J connectivity index is 2.08. The maximum atomic E-state index is 11.7. The minimum absolute atomic E-state index is 0.0427. The number of carbonyl (C=O) groups excluding carboxylic acids is 1. The van der Waals surface area contributed by atoms with Crippen LogP contribution in [0.15, 0.2) is 6.07 Å². The highest BCUT2D eigenvalue weighted by Crippen LogP contribution is 2.17. The molecule has 6 nitrogen and oxygen atoms in total. The molecule has 0 saturated carbocycles. The van der Waals surface area contributed by atoms with Crippen LogP contribution in [-0.4, -0.2) is 38.6 Å². The molecule has 23 heavy (non-hydrogen) atoms. The molecule has 0 aromatic carbocycles. The van der Waals surface area contributed by atoms with Gasteiger partial charge in [-0.25, -0.2) is 9.50 Å². The molecule has 0 radical (unpaired) electrons. The van der Waals surface area contributed by atoms with E-state index in [9.17, 15) is 10.1 Å². The van der Waals surface area contributed by atoms with Gasteiger partial charge < -0.3 is 5.32 Å². The molecule has 1 atom stereocenters. The third kappa shape index (κ3) is 3.82. The molecule has 2 aromatic heterocycles. The van der Waals surface area contributed by atoms with Crippen molar-refractivity contribution in [1.82, 2.24) is 19.9 Å². The smallest absolute Gasteiger partial charge is 0.232 e. The van der Waals surface area contributed by atoms with Crippen LogP contribution < -0.4 is 5.32 Å². The number of amides is 1. The lowest BCUT2D eigenvalue weighted by molar-refractivity contribution is -0.120. The first-order chi connectivity index (χ1) is 11.0. The molecular formula is C16H21N5OS. The largest absolute Gasteiger partial charge is 0.355 e. The molecule has 0 saturated heterocycles. The molecule has 1 N–H and O–H groups in total. The molecule has 2 heterocycles. The van der Waals surface area contributed by atoms with Crippen LogP contribution in [0.3, 0.4) is 0 Å². The number of aryl methyl sites for hydroxylation is 3. The van der Waals surface area contributed by atoms with Gasteiger partial charge >= 0.3 is 0 Å². The van der Waals surface area contributed by atoms with E-state index in [2.05, 4.69) is 21.5 Å². The summed E-state index contributed by atoms with van der Waals surface area (Å²) in [5, 5.41) is 16.8. The summed E-state index contributed by atoms with van der Waals surface area (Å²) >= 11 is 1.52. The molecule has 122 valence electrons.